The molecule has 0 saturated heterocycles. The summed E-state index contributed by atoms with van der Waals surface area (Å²) in [5.74, 6) is -12.2. The van der Waals surface area contributed by atoms with Crippen molar-refractivity contribution in [2.24, 2.45) is 35.3 Å². The van der Waals surface area contributed by atoms with Crippen LogP contribution in [-0.4, -0.2) is 143 Å². The highest BCUT2D eigenvalue weighted by atomic mass is 35.5. The Balaban J connectivity index is 0.962. The number of hydrogen-bond donors (Lipinski definition) is 17. The van der Waals surface area contributed by atoms with Crippen molar-refractivity contribution < 1.29 is 91.6 Å². The van der Waals surface area contributed by atoms with E-state index in [0.29, 0.717) is 24.2 Å². The average molecular weight is 1590 g/mol. The number of aliphatic hydroxyl groups is 2. The number of sulfonamides is 1. The molecule has 0 unspecified atom stereocenters. The molecule has 5 heterocycles. The van der Waals surface area contributed by atoms with Crippen LogP contribution in [0.4, 0.5) is 0 Å². The van der Waals surface area contributed by atoms with Crippen molar-refractivity contribution in [1.29, 1.82) is 0 Å². The molecule has 4 saturated carbocycles. The van der Waals surface area contributed by atoms with Crippen molar-refractivity contribution >= 4 is 80.5 Å². The summed E-state index contributed by atoms with van der Waals surface area (Å²) in [6, 6.07) is 6.27. The van der Waals surface area contributed by atoms with Gasteiger partial charge in [-0.2, -0.15) is 0 Å². The second-order valence-electron chi connectivity index (χ2n) is 29.7. The van der Waals surface area contributed by atoms with Gasteiger partial charge < -0.3 is 98.4 Å². The van der Waals surface area contributed by atoms with Crippen molar-refractivity contribution in [1.82, 2.24) is 52.6 Å². The van der Waals surface area contributed by atoms with Gasteiger partial charge >= 0.3 is 0 Å². The van der Waals surface area contributed by atoms with Gasteiger partial charge in [0, 0.05) is 30.3 Å². The number of amides is 8. The van der Waals surface area contributed by atoms with E-state index in [1.807, 2.05) is 13.8 Å². The number of carbonyl (C=O) groups is 8. The van der Waals surface area contributed by atoms with Gasteiger partial charge in [0.15, 0.2) is 11.5 Å². The van der Waals surface area contributed by atoms with E-state index in [1.54, 1.807) is 12.1 Å². The molecular weight excluding hydrogens is 1500 g/mol. The molecule has 4 aliphatic carbocycles. The number of likely N-dealkylation sites (N-methyl/N-ethyl adjacent to an activating group) is 1. The summed E-state index contributed by atoms with van der Waals surface area (Å²) in [6.07, 6.45) is 2.60. The molecule has 30 nitrogen and oxygen atoms in total. The van der Waals surface area contributed by atoms with Gasteiger partial charge in [-0.1, -0.05) is 75.0 Å². The highest BCUT2D eigenvalue weighted by Gasteiger charge is 2.50. The van der Waals surface area contributed by atoms with E-state index in [0.717, 1.165) is 75.6 Å². The van der Waals surface area contributed by atoms with Gasteiger partial charge in [0.05, 0.1) is 39.6 Å². The quantitative estimate of drug-likeness (QED) is 0.0332. The van der Waals surface area contributed by atoms with Crippen LogP contribution in [0.1, 0.15) is 155 Å². The average Bonchev–Trinajstić information content (AvgIpc) is 0.763. The number of rotatable bonds is 22. The Bertz CT molecular complexity index is 4680. The number of nitrogens with one attached hydrogen (secondary N) is 10. The molecule has 111 heavy (non-hydrogen) atoms. The van der Waals surface area contributed by atoms with Crippen LogP contribution in [0.25, 0.3) is 11.1 Å². The Morgan fingerprint density at radius 2 is 1.25 bits per heavy atom. The third kappa shape index (κ3) is 18.0. The summed E-state index contributed by atoms with van der Waals surface area (Å²) < 4.78 is 47.6. The third-order valence-electron chi connectivity index (χ3n) is 21.4. The number of halogens is 2. The molecular formula is C78H91Cl2N11O19S. The minimum absolute atomic E-state index is 0.00140. The molecule has 5 aliphatic heterocycles. The maximum Gasteiger partial charge on any atom is 0.248 e. The highest BCUT2D eigenvalue weighted by Crippen LogP contribution is 2.55. The summed E-state index contributed by atoms with van der Waals surface area (Å²) in [5.41, 5.74) is 3.61. The lowest BCUT2D eigenvalue weighted by Gasteiger charge is -2.54. The van der Waals surface area contributed by atoms with Crippen LogP contribution in [0, 0.1) is 29.6 Å². The Morgan fingerprint density at radius 3 is 1.86 bits per heavy atom. The van der Waals surface area contributed by atoms with Crippen LogP contribution in [0.2, 0.25) is 10.0 Å². The summed E-state index contributed by atoms with van der Waals surface area (Å²) in [6.45, 7) is 5.90. The van der Waals surface area contributed by atoms with E-state index in [-0.39, 0.29) is 121 Å². The number of benzene rings is 6. The molecule has 15 bridgehead atoms. The van der Waals surface area contributed by atoms with E-state index in [9.17, 15) is 53.4 Å². The van der Waals surface area contributed by atoms with Crippen molar-refractivity contribution in [2.75, 3.05) is 26.7 Å². The first kappa shape index (κ1) is 80.5. The van der Waals surface area contributed by atoms with Crippen LogP contribution >= 0.6 is 23.2 Å². The zero-order chi connectivity index (χ0) is 79.4. The van der Waals surface area contributed by atoms with Gasteiger partial charge in [0.1, 0.15) is 83.0 Å². The normalized spacial score (nSPS) is 24.5. The molecule has 0 spiro atoms. The molecule has 9 atom stereocenters. The summed E-state index contributed by atoms with van der Waals surface area (Å²) >= 11 is 13.9. The Hall–Kier alpha value is -9.99. The fraction of sp³-hybridized carbons (Fsp3) is 0.436. The molecule has 8 amide bonds. The lowest BCUT2D eigenvalue weighted by atomic mass is 9.54. The first-order valence-electron chi connectivity index (χ1n) is 37.1. The van der Waals surface area contributed by atoms with Gasteiger partial charge in [-0.15, -0.1) is 0 Å². The predicted octanol–water partition coefficient (Wildman–Crippen LogP) is 6.28. The van der Waals surface area contributed by atoms with Crippen LogP contribution < -0.4 is 72.5 Å². The van der Waals surface area contributed by atoms with Crippen LogP contribution in [0.15, 0.2) is 102 Å². The number of primary amides is 1. The molecule has 6 aromatic carbocycles. The summed E-state index contributed by atoms with van der Waals surface area (Å²) in [4.78, 5) is 120. The first-order valence-corrected chi connectivity index (χ1v) is 39.3. The van der Waals surface area contributed by atoms with Gasteiger partial charge in [-0.3, -0.25) is 38.4 Å². The van der Waals surface area contributed by atoms with Crippen LogP contribution in [0.5, 0.6) is 51.7 Å². The Kier molecular flexibility index (Phi) is 24.9. The van der Waals surface area contributed by atoms with Crippen molar-refractivity contribution in [3.05, 3.63) is 140 Å². The molecule has 15 rings (SSSR count). The summed E-state index contributed by atoms with van der Waals surface area (Å²) in [7, 11) is -2.49. The molecule has 9 aliphatic rings. The third-order valence-corrected chi connectivity index (χ3v) is 23.5. The van der Waals surface area contributed by atoms with E-state index in [2.05, 4.69) is 59.5 Å². The Labute approximate surface area is 650 Å². The zero-order valence-electron chi connectivity index (χ0n) is 61.2. The number of unbranched alkanes of at least 4 members (excludes halogenated alkanes) is 2. The van der Waals surface area contributed by atoms with E-state index in [1.165, 1.54) is 67.7 Å². The van der Waals surface area contributed by atoms with Gasteiger partial charge in [0.25, 0.3) is 0 Å². The predicted molar refractivity (Wildman–Crippen MR) is 404 cm³/mol. The molecule has 592 valence electrons. The van der Waals surface area contributed by atoms with Crippen molar-refractivity contribution in [2.45, 2.75) is 163 Å². The van der Waals surface area contributed by atoms with E-state index in [4.69, 9.17) is 43.1 Å². The molecule has 0 radical (unpaired) electrons. The fourth-order valence-electron chi connectivity index (χ4n) is 16.0. The molecule has 33 heteroatoms. The van der Waals surface area contributed by atoms with Crippen LogP contribution in [-0.2, 0) is 54.9 Å². The zero-order valence-corrected chi connectivity index (χ0v) is 63.6. The largest absolute Gasteiger partial charge is 0.507 e. The molecule has 6 aromatic rings. The van der Waals surface area contributed by atoms with E-state index >= 15 is 24.0 Å². The van der Waals surface area contributed by atoms with Gasteiger partial charge in [0.2, 0.25) is 63.0 Å². The van der Waals surface area contributed by atoms with E-state index < -0.39 is 159 Å². The Morgan fingerprint density at radius 1 is 0.640 bits per heavy atom. The number of carbonyl (C=O) groups excluding carboxylic acids is 8. The first-order chi connectivity index (χ1) is 53.0. The highest BCUT2D eigenvalue weighted by molar-refractivity contribution is 7.89. The van der Waals surface area contributed by atoms with Crippen molar-refractivity contribution in [3.8, 4) is 62.9 Å². The number of phenols is 4. The van der Waals surface area contributed by atoms with Crippen molar-refractivity contribution in [3.63, 3.8) is 0 Å². The topological polar surface area (TPSA) is 466 Å². The molecule has 0 aromatic heterocycles. The standard InChI is InChI=1S/C78H91Cl2N11O19S/c1-5-6-7-21-108-45-12-14-46(15-13-45)111(106,107)84-20-8-19-83-35-49-55(93)33-48-61(70(49)97)47-28-39(9-16-54(47)92)63-74(101)91-67(78(105)89-65(48)76(103)86-62-42-24-37-23-38(26-42)27-43(62)25-37)69(96)41-11-18-57(51(80)30-41)110-59-32-44-31-58(71(59)98)109-56-17-10-40(29-50(56)79)68(95)66(90-72(99)52(82-4)22-36(2)3)77(104)85-53(34-60(81)94)73(100)87-64(44)75(102)88-63/h9-18,28-33,36-38,42-43,52-53,62-69,82-84,92-93,95-98H,5-8,19-27,34-35H2,1-4H3,(H2,81,94)(H,85,104)(H,86,103)(H,87,100)(H,88,102)(H,89,105)(H,90,99)(H,91,101)/t37?,38?,42?,43?,52-,53+,62?,63-,64-,65+,66-,67+,68-,69-/m1/s1. The molecule has 18 N–H and O–H groups in total. The lowest BCUT2D eigenvalue weighted by molar-refractivity contribution is -0.138. The maximum atomic E-state index is 16.0. The number of ether oxygens (including phenoxy) is 3. The lowest BCUT2D eigenvalue weighted by Crippen LogP contribution is -2.59. The molecule has 4 fully saturated rings. The monoisotopic (exact) mass is 1590 g/mol. The number of hydrogen-bond acceptors (Lipinski definition) is 21. The number of aliphatic hydroxyl groups excluding tert-OH is 2. The fourth-order valence-corrected chi connectivity index (χ4v) is 17.5. The second kappa shape index (κ2) is 34.3. The summed E-state index contributed by atoms with van der Waals surface area (Å²) in [5, 5.41) is 98.4. The smallest absolute Gasteiger partial charge is 0.248 e. The SMILES string of the molecule is CCCCCOc1ccc(S(=O)(=O)NCCCNCc2c(O)cc3c(c2O)-c2cc(ccc2O)[C@H]2NC(=O)[C@@H]4NC(=O)[C@H](CC(N)=O)NC(=O)[C@H](NC(=O)[C@@H](CC(C)C)NC)[C@H](O)c5ccc(c(Cl)c5)Oc5cc4cc(c5O)Oc4ccc(cc4Cl)[C@@H](O)[C@H](NC2=O)C(=O)N[C@@H]3C(=O)NC2C3CC4CC(C3)CC2C4)cc1. The minimum Gasteiger partial charge on any atom is -0.507 e. The second-order valence-corrected chi connectivity index (χ2v) is 32.3. The van der Waals surface area contributed by atoms with Gasteiger partial charge in [-0.25, -0.2) is 13.1 Å². The number of phenolic OH excluding ortho intramolecular Hbond substituents is 4. The number of nitrogens with two attached hydrogens (primary N) is 1. The maximum absolute atomic E-state index is 16.0. The van der Waals surface area contributed by atoms with Crippen LogP contribution in [0.3, 0.4) is 0 Å². The van der Waals surface area contributed by atoms with Gasteiger partial charge in [-0.05, 0) is 201 Å². The number of fused-ring (bicyclic) bond motifs is 15. The number of aromatic hydroxyl groups is 4. The minimum atomic E-state index is -3.99.